The van der Waals surface area contributed by atoms with Crippen molar-refractivity contribution in [2.24, 2.45) is 17.8 Å². The Kier molecular flexibility index (Phi) is 12.1. The number of sulfonamides is 1. The largest absolute Gasteiger partial charge is 0.448 e. The fourth-order valence-electron chi connectivity index (χ4n) is 6.81. The zero-order valence-electron chi connectivity index (χ0n) is 30.5. The number of ether oxygens (including phenoxy) is 2. The number of carbonyl (C=O) groups excluding carboxylic acids is 2. The molecule has 0 unspecified atom stereocenters. The second-order valence-electron chi connectivity index (χ2n) is 14.3. The Morgan fingerprint density at radius 3 is 2.13 bits per heavy atom. The van der Waals surface area contributed by atoms with E-state index in [2.05, 4.69) is 18.3 Å². The summed E-state index contributed by atoms with van der Waals surface area (Å²) in [6, 6.07) is 11.0. The van der Waals surface area contributed by atoms with Gasteiger partial charge in [-0.15, -0.1) is 0 Å². The fourth-order valence-corrected chi connectivity index (χ4v) is 7.99. The molecule has 0 spiro atoms. The van der Waals surface area contributed by atoms with Gasteiger partial charge in [-0.3, -0.25) is 0 Å². The molecule has 0 radical (unpaired) electrons. The molecule has 2 aromatic carbocycles. The summed E-state index contributed by atoms with van der Waals surface area (Å²) in [5, 5.41) is 3.82. The molecule has 9 nitrogen and oxygen atoms in total. The van der Waals surface area contributed by atoms with E-state index in [0.717, 1.165) is 77.3 Å². The van der Waals surface area contributed by atoms with Crippen LogP contribution in [0, 0.1) is 31.6 Å². The van der Waals surface area contributed by atoms with Crippen molar-refractivity contribution < 1.29 is 40.7 Å². The van der Waals surface area contributed by atoms with Crippen molar-refractivity contribution in [3.05, 3.63) is 101 Å². The van der Waals surface area contributed by atoms with Crippen molar-refractivity contribution in [3.63, 3.8) is 0 Å². The first-order valence-electron chi connectivity index (χ1n) is 17.7. The minimum atomic E-state index is -4.91. The summed E-state index contributed by atoms with van der Waals surface area (Å²) in [4.78, 5) is 26.5. The van der Waals surface area contributed by atoms with Crippen molar-refractivity contribution >= 4 is 22.2 Å². The molecule has 53 heavy (non-hydrogen) atoms. The number of amides is 2. The number of aromatic nitrogens is 2. The van der Waals surface area contributed by atoms with Crippen molar-refractivity contribution in [2.45, 2.75) is 83.7 Å². The van der Waals surface area contributed by atoms with Gasteiger partial charge in [0.2, 0.25) is 0 Å². The second-order valence-corrected chi connectivity index (χ2v) is 16.1. The summed E-state index contributed by atoms with van der Waals surface area (Å²) >= 11 is 0. The number of aryl methyl sites for hydroxylation is 2. The molecular weight excluding hydrogens is 708 g/mol. The number of carbonyl (C=O) groups is 2. The Morgan fingerprint density at radius 1 is 0.906 bits per heavy atom. The molecule has 3 aromatic rings. The monoisotopic (exact) mass is 753 g/mol. The first kappa shape index (κ1) is 39.6. The van der Waals surface area contributed by atoms with Crippen molar-refractivity contribution in [3.8, 4) is 16.9 Å². The van der Waals surface area contributed by atoms with Crippen LogP contribution < -0.4 is 0 Å². The molecule has 284 valence electrons. The summed E-state index contributed by atoms with van der Waals surface area (Å²) in [6.07, 6.45) is -0.302. The van der Waals surface area contributed by atoms with E-state index in [1.165, 1.54) is 12.1 Å². The molecule has 2 aliphatic rings. The van der Waals surface area contributed by atoms with E-state index < -0.39 is 39.0 Å². The number of hydrogen-bond acceptors (Lipinski definition) is 7. The highest BCUT2D eigenvalue weighted by atomic mass is 32.2. The lowest BCUT2D eigenvalue weighted by Crippen LogP contribution is -2.43. The third kappa shape index (κ3) is 9.30. The molecule has 0 aliphatic heterocycles. The maximum absolute atomic E-state index is 14.0. The Labute approximate surface area is 309 Å². The number of benzene rings is 2. The molecule has 1 fully saturated rings. The van der Waals surface area contributed by atoms with Crippen LogP contribution >= 0.6 is 0 Å². The Morgan fingerprint density at radius 2 is 1.55 bits per heavy atom. The molecule has 2 aliphatic carbocycles. The zero-order valence-corrected chi connectivity index (χ0v) is 31.4. The topological polar surface area (TPSA) is 108 Å². The molecule has 1 aromatic heterocycles. The van der Waals surface area contributed by atoms with Crippen LogP contribution in [-0.2, 0) is 25.7 Å². The first-order chi connectivity index (χ1) is 24.9. The molecule has 0 bridgehead atoms. The number of nitrogens with zero attached hydrogens (tertiary/aromatic N) is 3. The minimum Gasteiger partial charge on any atom is -0.448 e. The van der Waals surface area contributed by atoms with E-state index in [1.807, 2.05) is 32.9 Å². The average molecular weight is 754 g/mol. The standard InChI is InChI=1S/C40H46F3N3O6S/c1-25(2)31-13-9-29(10-14-31)23-51-38(47)46(39(48)52-24-30-11-15-32(16-12-30)26(3)4)53(49,50)34-19-17-33(18-20-34)45-36(22-37(44-45)40(41,42)43)35-21-27(5)7-8-28(35)6/h7-9,17-22,30-32H,1,3,10-16,23-24H2,2,4-6H3/t30?,31-,32?/m1/s1. The van der Waals surface area contributed by atoms with Gasteiger partial charge in [-0.25, -0.2) is 22.7 Å². The fraction of sp³-hybridized carbons (Fsp3) is 0.425. The average Bonchev–Trinajstić information content (AvgIpc) is 3.57. The van der Waals surface area contributed by atoms with Gasteiger partial charge in [0.25, 0.3) is 10.0 Å². The summed E-state index contributed by atoms with van der Waals surface area (Å²) in [5.41, 5.74) is 4.11. The Bertz CT molecular complexity index is 2010. The maximum atomic E-state index is 14.0. The van der Waals surface area contributed by atoms with Crippen LogP contribution in [0.25, 0.3) is 16.9 Å². The van der Waals surface area contributed by atoms with E-state index in [-0.39, 0.29) is 34.8 Å². The van der Waals surface area contributed by atoms with Crippen LogP contribution in [0.5, 0.6) is 0 Å². The molecule has 1 heterocycles. The smallest absolute Gasteiger partial charge is 0.435 e. The molecule has 0 saturated heterocycles. The van der Waals surface area contributed by atoms with Gasteiger partial charge in [0.15, 0.2) is 5.69 Å². The van der Waals surface area contributed by atoms with Gasteiger partial charge in [0.1, 0.15) is 6.61 Å². The van der Waals surface area contributed by atoms with Crippen LogP contribution in [0.4, 0.5) is 22.8 Å². The van der Waals surface area contributed by atoms with Crippen LogP contribution in [-0.4, -0.2) is 47.9 Å². The Hall–Kier alpha value is -4.65. The molecule has 1 saturated carbocycles. The second kappa shape index (κ2) is 16.2. The number of imide groups is 1. The number of alkyl halides is 3. The predicted molar refractivity (Wildman–Crippen MR) is 196 cm³/mol. The maximum Gasteiger partial charge on any atom is 0.435 e. The molecular formula is C40H46F3N3O6S. The van der Waals surface area contributed by atoms with E-state index in [9.17, 15) is 31.2 Å². The Balaban J connectivity index is 1.42. The summed E-state index contributed by atoms with van der Waals surface area (Å²) in [6.45, 7) is 15.2. The van der Waals surface area contributed by atoms with Gasteiger partial charge in [-0.2, -0.15) is 18.3 Å². The summed E-state index contributed by atoms with van der Waals surface area (Å²) in [5.74, 6) is 0.647. The van der Waals surface area contributed by atoms with Gasteiger partial charge >= 0.3 is 18.4 Å². The number of allylic oxidation sites excluding steroid dienone is 3. The number of rotatable bonds is 10. The molecule has 5 rings (SSSR count). The highest BCUT2D eigenvalue weighted by molar-refractivity contribution is 7.90. The first-order valence-corrected chi connectivity index (χ1v) is 19.1. The highest BCUT2D eigenvalue weighted by Gasteiger charge is 2.40. The summed E-state index contributed by atoms with van der Waals surface area (Å²) < 4.78 is 81.5. The van der Waals surface area contributed by atoms with Crippen LogP contribution in [0.2, 0.25) is 0 Å². The van der Waals surface area contributed by atoms with Crippen LogP contribution in [0.1, 0.15) is 75.6 Å². The van der Waals surface area contributed by atoms with Gasteiger partial charge < -0.3 is 9.47 Å². The molecule has 1 atom stereocenters. The minimum absolute atomic E-state index is 0.0151. The molecule has 13 heteroatoms. The predicted octanol–water partition coefficient (Wildman–Crippen LogP) is 10.1. The lowest BCUT2D eigenvalue weighted by atomic mass is 9.79. The third-order valence-electron chi connectivity index (χ3n) is 10.2. The van der Waals surface area contributed by atoms with Crippen LogP contribution in [0.15, 0.2) is 89.4 Å². The molecule has 0 N–H and O–H groups in total. The molecule has 2 amide bonds. The van der Waals surface area contributed by atoms with Crippen molar-refractivity contribution in [1.82, 2.24) is 14.1 Å². The van der Waals surface area contributed by atoms with Gasteiger partial charge in [-0.05, 0) is 138 Å². The SMILES string of the molecule is C=C(C)C1CCC(COC(=O)N(C(=O)OCC2=CC[C@@H](C(=C)C)CC2)S(=O)(=O)c2ccc(-n3nc(C(F)(F)F)cc3-c3cc(C)ccc3C)cc2)CC1. The number of halogens is 3. The zero-order chi connectivity index (χ0) is 38.7. The van der Waals surface area contributed by atoms with E-state index in [1.54, 1.807) is 19.1 Å². The normalized spacial score (nSPS) is 19.2. The van der Waals surface area contributed by atoms with Gasteiger partial charge in [0, 0.05) is 5.56 Å². The summed E-state index contributed by atoms with van der Waals surface area (Å²) in [7, 11) is -4.91. The van der Waals surface area contributed by atoms with E-state index >= 15 is 0 Å². The van der Waals surface area contributed by atoms with Crippen molar-refractivity contribution in [1.29, 1.82) is 0 Å². The lowest BCUT2D eigenvalue weighted by Gasteiger charge is -2.29. The van der Waals surface area contributed by atoms with E-state index in [4.69, 9.17) is 9.47 Å². The highest BCUT2D eigenvalue weighted by Crippen LogP contribution is 2.36. The number of hydrogen-bond donors (Lipinski definition) is 0. The van der Waals surface area contributed by atoms with Crippen LogP contribution in [0.3, 0.4) is 0 Å². The van der Waals surface area contributed by atoms with E-state index in [0.29, 0.717) is 35.8 Å². The van der Waals surface area contributed by atoms with Gasteiger partial charge in [-0.1, -0.05) is 52.4 Å². The third-order valence-corrected chi connectivity index (χ3v) is 11.8. The quantitative estimate of drug-likeness (QED) is 0.190. The van der Waals surface area contributed by atoms with Gasteiger partial charge in [0.05, 0.1) is 22.9 Å². The van der Waals surface area contributed by atoms with Crippen molar-refractivity contribution in [2.75, 3.05) is 13.2 Å². The lowest BCUT2D eigenvalue weighted by molar-refractivity contribution is -0.141.